The molecule has 1 unspecified atom stereocenters. The first-order valence-corrected chi connectivity index (χ1v) is 9.90. The molecule has 2 saturated heterocycles. The van der Waals surface area contributed by atoms with Crippen molar-refractivity contribution in [2.75, 3.05) is 59.5 Å². The highest BCUT2D eigenvalue weighted by atomic mass is 19.1. The summed E-state index contributed by atoms with van der Waals surface area (Å²) in [6.07, 6.45) is 1.12. The molecule has 8 heteroatoms. The van der Waals surface area contributed by atoms with Gasteiger partial charge in [-0.3, -0.25) is 14.7 Å². The Balaban J connectivity index is 1.41. The number of hydrogen-bond acceptors (Lipinski definition) is 4. The molecule has 0 saturated carbocycles. The average molecular weight is 391 g/mol. The molecular formula is C20H30FN5O2. The summed E-state index contributed by atoms with van der Waals surface area (Å²) in [4.78, 5) is 21.3. The normalized spacial score (nSPS) is 21.0. The third kappa shape index (κ3) is 5.20. The van der Waals surface area contributed by atoms with E-state index in [0.29, 0.717) is 30.3 Å². The molecule has 154 valence electrons. The standard InChI is InChI=1S/C20H30FN5O2/c1-15-3-4-16(13-18(15)21)19(27)23-6-7-24-20(22-2)26-8-5-17(14-26)25-9-11-28-12-10-25/h3-4,13,17H,5-12,14H2,1-2H3,(H,22,24)(H,23,27). The van der Waals surface area contributed by atoms with Crippen molar-refractivity contribution in [3.63, 3.8) is 0 Å². The van der Waals surface area contributed by atoms with Crippen LogP contribution in [0.5, 0.6) is 0 Å². The highest BCUT2D eigenvalue weighted by molar-refractivity contribution is 5.94. The smallest absolute Gasteiger partial charge is 0.251 e. The fourth-order valence-corrected chi connectivity index (χ4v) is 3.69. The molecule has 0 aromatic heterocycles. The lowest BCUT2D eigenvalue weighted by molar-refractivity contribution is 0.0195. The number of hydrogen-bond donors (Lipinski definition) is 2. The lowest BCUT2D eigenvalue weighted by atomic mass is 10.1. The van der Waals surface area contributed by atoms with Gasteiger partial charge in [-0.2, -0.15) is 0 Å². The fraction of sp³-hybridized carbons (Fsp3) is 0.600. The minimum atomic E-state index is -0.366. The summed E-state index contributed by atoms with van der Waals surface area (Å²) in [7, 11) is 1.78. The lowest BCUT2D eigenvalue weighted by Gasteiger charge is -2.32. The van der Waals surface area contributed by atoms with Crippen molar-refractivity contribution in [3.05, 3.63) is 35.1 Å². The number of nitrogens with zero attached hydrogens (tertiary/aromatic N) is 3. The maximum absolute atomic E-state index is 13.6. The van der Waals surface area contributed by atoms with Crippen molar-refractivity contribution in [2.24, 2.45) is 4.99 Å². The number of carbonyl (C=O) groups is 1. The van der Waals surface area contributed by atoms with Crippen LogP contribution < -0.4 is 10.6 Å². The molecular weight excluding hydrogens is 361 g/mol. The van der Waals surface area contributed by atoms with Crippen molar-refractivity contribution in [3.8, 4) is 0 Å². The molecule has 7 nitrogen and oxygen atoms in total. The van der Waals surface area contributed by atoms with E-state index < -0.39 is 0 Å². The molecule has 0 aliphatic carbocycles. The maximum atomic E-state index is 13.6. The van der Waals surface area contributed by atoms with Crippen molar-refractivity contribution in [2.45, 2.75) is 19.4 Å². The van der Waals surface area contributed by atoms with E-state index in [9.17, 15) is 9.18 Å². The summed E-state index contributed by atoms with van der Waals surface area (Å²) in [5.74, 6) is 0.214. The molecule has 1 amide bonds. The van der Waals surface area contributed by atoms with E-state index in [1.165, 1.54) is 6.07 Å². The number of aliphatic imine (C=N–C) groups is 1. The Labute approximate surface area is 165 Å². The molecule has 28 heavy (non-hydrogen) atoms. The van der Waals surface area contributed by atoms with Gasteiger partial charge < -0.3 is 20.3 Å². The van der Waals surface area contributed by atoms with Gasteiger partial charge in [0.2, 0.25) is 0 Å². The summed E-state index contributed by atoms with van der Waals surface area (Å²) in [6, 6.07) is 5.06. The summed E-state index contributed by atoms with van der Waals surface area (Å²) in [5.41, 5.74) is 0.864. The van der Waals surface area contributed by atoms with Crippen LogP contribution in [0, 0.1) is 12.7 Å². The van der Waals surface area contributed by atoms with Crippen LogP contribution in [0.25, 0.3) is 0 Å². The monoisotopic (exact) mass is 391 g/mol. The average Bonchev–Trinajstić information content (AvgIpc) is 3.20. The number of rotatable bonds is 5. The Morgan fingerprint density at radius 1 is 1.25 bits per heavy atom. The van der Waals surface area contributed by atoms with Crippen molar-refractivity contribution in [1.29, 1.82) is 0 Å². The van der Waals surface area contributed by atoms with Crippen LogP contribution >= 0.6 is 0 Å². The highest BCUT2D eigenvalue weighted by Crippen LogP contribution is 2.17. The van der Waals surface area contributed by atoms with Crippen LogP contribution in [-0.4, -0.2) is 87.2 Å². The Kier molecular flexibility index (Phi) is 7.22. The maximum Gasteiger partial charge on any atom is 0.251 e. The Morgan fingerprint density at radius 2 is 2.00 bits per heavy atom. The predicted molar refractivity (Wildman–Crippen MR) is 107 cm³/mol. The number of benzene rings is 1. The topological polar surface area (TPSA) is 69.2 Å². The third-order valence-electron chi connectivity index (χ3n) is 5.36. The van der Waals surface area contributed by atoms with Gasteiger partial charge in [0.25, 0.3) is 5.91 Å². The van der Waals surface area contributed by atoms with Crippen molar-refractivity contribution < 1.29 is 13.9 Å². The van der Waals surface area contributed by atoms with Gasteiger partial charge in [-0.05, 0) is 31.0 Å². The number of likely N-dealkylation sites (tertiary alicyclic amines) is 1. The van der Waals surface area contributed by atoms with Crippen molar-refractivity contribution in [1.82, 2.24) is 20.4 Å². The largest absolute Gasteiger partial charge is 0.379 e. The van der Waals surface area contributed by atoms with Crippen molar-refractivity contribution >= 4 is 11.9 Å². The van der Waals surface area contributed by atoms with Gasteiger partial charge in [-0.1, -0.05) is 6.07 Å². The zero-order chi connectivity index (χ0) is 19.9. The van der Waals surface area contributed by atoms with E-state index in [-0.39, 0.29) is 11.7 Å². The van der Waals surface area contributed by atoms with E-state index in [2.05, 4.69) is 25.4 Å². The second-order valence-electron chi connectivity index (χ2n) is 7.23. The van der Waals surface area contributed by atoms with E-state index in [4.69, 9.17) is 4.74 Å². The SMILES string of the molecule is CN=C(NCCNC(=O)c1ccc(C)c(F)c1)N1CCC(N2CCOCC2)C1. The highest BCUT2D eigenvalue weighted by Gasteiger charge is 2.30. The second kappa shape index (κ2) is 9.84. The first-order valence-electron chi connectivity index (χ1n) is 9.90. The Hall–Kier alpha value is -2.19. The fourth-order valence-electron chi connectivity index (χ4n) is 3.69. The van der Waals surface area contributed by atoms with Gasteiger partial charge in [0.1, 0.15) is 5.82 Å². The molecule has 2 aliphatic heterocycles. The van der Waals surface area contributed by atoms with Gasteiger partial charge in [-0.15, -0.1) is 0 Å². The van der Waals surface area contributed by atoms with Crippen LogP contribution in [0.3, 0.4) is 0 Å². The number of carbonyl (C=O) groups excluding carboxylic acids is 1. The van der Waals surface area contributed by atoms with E-state index in [1.807, 2.05) is 0 Å². The summed E-state index contributed by atoms with van der Waals surface area (Å²) < 4.78 is 19.0. The summed E-state index contributed by atoms with van der Waals surface area (Å²) in [5, 5.41) is 6.12. The van der Waals surface area contributed by atoms with Gasteiger partial charge in [0.05, 0.1) is 13.2 Å². The molecule has 1 aromatic carbocycles. The number of halogens is 1. The first-order chi connectivity index (χ1) is 13.6. The summed E-state index contributed by atoms with van der Waals surface area (Å²) in [6.45, 7) is 8.22. The molecule has 2 fully saturated rings. The van der Waals surface area contributed by atoms with Gasteiger partial charge >= 0.3 is 0 Å². The van der Waals surface area contributed by atoms with Gasteiger partial charge in [0.15, 0.2) is 5.96 Å². The van der Waals surface area contributed by atoms with Crippen LogP contribution in [0.4, 0.5) is 4.39 Å². The molecule has 0 radical (unpaired) electrons. The number of guanidine groups is 1. The van der Waals surface area contributed by atoms with E-state index in [1.54, 1.807) is 26.1 Å². The number of morpholine rings is 1. The quantitative estimate of drug-likeness (QED) is 0.442. The number of aryl methyl sites for hydroxylation is 1. The number of amides is 1. The van der Waals surface area contributed by atoms with Crippen LogP contribution in [0.15, 0.2) is 23.2 Å². The number of ether oxygens (including phenoxy) is 1. The molecule has 2 heterocycles. The lowest BCUT2D eigenvalue weighted by Crippen LogP contribution is -2.47. The van der Waals surface area contributed by atoms with Crippen LogP contribution in [0.1, 0.15) is 22.3 Å². The minimum absolute atomic E-state index is 0.274. The zero-order valence-electron chi connectivity index (χ0n) is 16.7. The zero-order valence-corrected chi connectivity index (χ0v) is 16.7. The molecule has 2 aliphatic rings. The molecule has 0 spiro atoms. The number of nitrogens with one attached hydrogen (secondary N) is 2. The summed E-state index contributed by atoms with van der Waals surface area (Å²) >= 11 is 0. The second-order valence-corrected chi connectivity index (χ2v) is 7.23. The Morgan fingerprint density at radius 3 is 2.71 bits per heavy atom. The van der Waals surface area contributed by atoms with Gasteiger partial charge in [0, 0.05) is 57.9 Å². The van der Waals surface area contributed by atoms with Crippen LogP contribution in [0.2, 0.25) is 0 Å². The van der Waals surface area contributed by atoms with E-state index >= 15 is 0 Å². The molecule has 3 rings (SSSR count). The van der Waals surface area contributed by atoms with Crippen LogP contribution in [-0.2, 0) is 4.74 Å². The molecule has 0 bridgehead atoms. The first kappa shape index (κ1) is 20.5. The third-order valence-corrected chi connectivity index (χ3v) is 5.36. The predicted octanol–water partition coefficient (Wildman–Crippen LogP) is 0.846. The van der Waals surface area contributed by atoms with E-state index in [0.717, 1.165) is 51.8 Å². The van der Waals surface area contributed by atoms with Gasteiger partial charge in [-0.25, -0.2) is 4.39 Å². The molecule has 2 N–H and O–H groups in total. The Bertz CT molecular complexity index is 706. The molecule has 1 aromatic rings. The molecule has 1 atom stereocenters. The minimum Gasteiger partial charge on any atom is -0.379 e.